The molecule has 20 heavy (non-hydrogen) atoms. The van der Waals surface area contributed by atoms with Crippen LogP contribution in [-0.4, -0.2) is 9.97 Å². The molecule has 0 saturated heterocycles. The zero-order chi connectivity index (χ0) is 14.3. The Bertz CT molecular complexity index is 620. The minimum absolute atomic E-state index is 0.169. The van der Waals surface area contributed by atoms with Crippen molar-refractivity contribution in [2.75, 3.05) is 5.73 Å². The summed E-state index contributed by atoms with van der Waals surface area (Å²) in [7, 11) is 0. The van der Waals surface area contributed by atoms with Crippen molar-refractivity contribution < 1.29 is 0 Å². The highest BCUT2D eigenvalue weighted by atomic mass is 15.0. The van der Waals surface area contributed by atoms with Gasteiger partial charge < -0.3 is 5.73 Å². The quantitative estimate of drug-likeness (QED) is 0.897. The number of hydrogen-bond donors (Lipinski definition) is 1. The average molecular weight is 267 g/mol. The summed E-state index contributed by atoms with van der Waals surface area (Å²) in [6.07, 6.45) is 2.37. The Morgan fingerprint density at radius 1 is 1.05 bits per heavy atom. The van der Waals surface area contributed by atoms with Gasteiger partial charge in [-0.05, 0) is 23.8 Å². The number of rotatable bonds is 2. The Kier molecular flexibility index (Phi) is 3.00. The molecule has 2 aromatic rings. The molecule has 1 saturated carbocycles. The van der Waals surface area contributed by atoms with Gasteiger partial charge in [0.1, 0.15) is 11.6 Å². The fourth-order valence-corrected chi connectivity index (χ4v) is 2.30. The molecular weight excluding hydrogens is 246 g/mol. The number of benzene rings is 1. The van der Waals surface area contributed by atoms with Crippen LogP contribution in [0.5, 0.6) is 0 Å². The second-order valence-corrected chi connectivity index (χ2v) is 6.64. The molecule has 0 bridgehead atoms. The largest absolute Gasteiger partial charge is 0.384 e. The first-order valence-corrected chi connectivity index (χ1v) is 7.19. The molecule has 0 amide bonds. The number of nitrogens with zero attached hydrogens (tertiary/aromatic N) is 2. The van der Waals surface area contributed by atoms with Gasteiger partial charge in [0.15, 0.2) is 0 Å². The Labute approximate surface area is 120 Å². The molecule has 0 atom stereocenters. The number of nitrogen functional groups attached to an aromatic ring is 1. The van der Waals surface area contributed by atoms with Crippen LogP contribution in [-0.2, 0) is 5.41 Å². The van der Waals surface area contributed by atoms with Crippen molar-refractivity contribution >= 4 is 5.82 Å². The average Bonchev–Trinajstić information content (AvgIpc) is 3.21. The Morgan fingerprint density at radius 3 is 2.25 bits per heavy atom. The van der Waals surface area contributed by atoms with Crippen LogP contribution >= 0.6 is 0 Å². The number of anilines is 1. The fraction of sp³-hybridized carbons (Fsp3) is 0.412. The van der Waals surface area contributed by atoms with Crippen LogP contribution in [0.2, 0.25) is 0 Å². The standard InChI is InChI=1S/C17H21N3/c1-17(2,3)13-8-6-11(7-9-13)14-10-15(18)20-16(19-14)12-4-5-12/h6-10,12H,4-5H2,1-3H3,(H2,18,19,20). The van der Waals surface area contributed by atoms with E-state index < -0.39 is 0 Å². The first-order valence-electron chi connectivity index (χ1n) is 7.19. The van der Waals surface area contributed by atoms with Crippen molar-refractivity contribution in [3.05, 3.63) is 41.7 Å². The lowest BCUT2D eigenvalue weighted by Gasteiger charge is -2.19. The van der Waals surface area contributed by atoms with Crippen molar-refractivity contribution in [1.29, 1.82) is 0 Å². The highest BCUT2D eigenvalue weighted by molar-refractivity contribution is 5.62. The molecule has 104 valence electrons. The smallest absolute Gasteiger partial charge is 0.134 e. The van der Waals surface area contributed by atoms with E-state index in [1.54, 1.807) is 0 Å². The maximum absolute atomic E-state index is 5.91. The molecule has 1 fully saturated rings. The third-order valence-electron chi connectivity index (χ3n) is 3.75. The maximum atomic E-state index is 5.91. The van der Waals surface area contributed by atoms with Gasteiger partial charge in [-0.15, -0.1) is 0 Å². The van der Waals surface area contributed by atoms with Gasteiger partial charge in [-0.25, -0.2) is 9.97 Å². The van der Waals surface area contributed by atoms with Crippen molar-refractivity contribution in [3.8, 4) is 11.3 Å². The molecule has 0 unspecified atom stereocenters. The van der Waals surface area contributed by atoms with Crippen LogP contribution in [0.15, 0.2) is 30.3 Å². The van der Waals surface area contributed by atoms with Gasteiger partial charge in [-0.2, -0.15) is 0 Å². The van der Waals surface area contributed by atoms with Crippen LogP contribution in [0.1, 0.15) is 50.9 Å². The molecule has 1 aromatic carbocycles. The molecule has 0 spiro atoms. The van der Waals surface area contributed by atoms with E-state index in [0.717, 1.165) is 17.1 Å². The summed E-state index contributed by atoms with van der Waals surface area (Å²) in [5.41, 5.74) is 9.44. The summed E-state index contributed by atoms with van der Waals surface area (Å²) in [5.74, 6) is 1.99. The van der Waals surface area contributed by atoms with Gasteiger partial charge in [0.25, 0.3) is 0 Å². The van der Waals surface area contributed by atoms with Crippen molar-refractivity contribution in [1.82, 2.24) is 9.97 Å². The summed E-state index contributed by atoms with van der Waals surface area (Å²) < 4.78 is 0. The van der Waals surface area contributed by atoms with Gasteiger partial charge in [0, 0.05) is 17.5 Å². The maximum Gasteiger partial charge on any atom is 0.134 e. The Morgan fingerprint density at radius 2 is 1.70 bits per heavy atom. The number of aromatic nitrogens is 2. The van der Waals surface area contributed by atoms with Gasteiger partial charge in [-0.1, -0.05) is 45.0 Å². The van der Waals surface area contributed by atoms with E-state index in [1.807, 2.05) is 6.07 Å². The SMILES string of the molecule is CC(C)(C)c1ccc(-c2cc(N)nc(C3CC3)n2)cc1. The number of hydrogen-bond acceptors (Lipinski definition) is 3. The van der Waals surface area contributed by atoms with Gasteiger partial charge in [0.2, 0.25) is 0 Å². The van der Waals surface area contributed by atoms with Crippen molar-refractivity contribution in [3.63, 3.8) is 0 Å². The second-order valence-electron chi connectivity index (χ2n) is 6.64. The molecule has 2 N–H and O–H groups in total. The minimum atomic E-state index is 0.169. The summed E-state index contributed by atoms with van der Waals surface area (Å²) in [6.45, 7) is 6.65. The first-order chi connectivity index (χ1) is 9.43. The lowest BCUT2D eigenvalue weighted by Crippen LogP contribution is -2.10. The molecule has 0 radical (unpaired) electrons. The molecule has 3 heteroatoms. The van der Waals surface area contributed by atoms with Gasteiger partial charge in [-0.3, -0.25) is 0 Å². The summed E-state index contributed by atoms with van der Waals surface area (Å²) in [6, 6.07) is 10.4. The van der Waals surface area contributed by atoms with E-state index in [0.29, 0.717) is 11.7 Å². The Hall–Kier alpha value is -1.90. The number of nitrogens with two attached hydrogens (primary N) is 1. The second kappa shape index (κ2) is 4.58. The van der Waals surface area contributed by atoms with E-state index in [2.05, 4.69) is 55.0 Å². The summed E-state index contributed by atoms with van der Waals surface area (Å²) >= 11 is 0. The third-order valence-corrected chi connectivity index (χ3v) is 3.75. The van der Waals surface area contributed by atoms with Crippen LogP contribution in [0.4, 0.5) is 5.82 Å². The lowest BCUT2D eigenvalue weighted by molar-refractivity contribution is 0.590. The predicted molar refractivity (Wildman–Crippen MR) is 82.6 cm³/mol. The van der Waals surface area contributed by atoms with Crippen LogP contribution in [0.3, 0.4) is 0 Å². The predicted octanol–water partition coefficient (Wildman–Crippen LogP) is 3.90. The van der Waals surface area contributed by atoms with E-state index in [-0.39, 0.29) is 5.41 Å². The molecule has 3 rings (SSSR count). The molecule has 1 aromatic heterocycles. The monoisotopic (exact) mass is 267 g/mol. The fourth-order valence-electron chi connectivity index (χ4n) is 2.30. The van der Waals surface area contributed by atoms with E-state index in [4.69, 9.17) is 5.73 Å². The van der Waals surface area contributed by atoms with Crippen LogP contribution in [0, 0.1) is 0 Å². The van der Waals surface area contributed by atoms with Crippen molar-refractivity contribution in [2.24, 2.45) is 0 Å². The first kappa shape index (κ1) is 13.1. The highest BCUT2D eigenvalue weighted by Crippen LogP contribution is 2.39. The summed E-state index contributed by atoms with van der Waals surface area (Å²) in [5, 5.41) is 0. The molecule has 1 aliphatic carbocycles. The summed E-state index contributed by atoms with van der Waals surface area (Å²) in [4.78, 5) is 9.01. The highest BCUT2D eigenvalue weighted by Gasteiger charge is 2.27. The topological polar surface area (TPSA) is 51.8 Å². The lowest BCUT2D eigenvalue weighted by atomic mass is 9.86. The molecule has 1 aliphatic rings. The molecular formula is C17H21N3. The van der Waals surface area contributed by atoms with Gasteiger partial charge in [0.05, 0.1) is 5.69 Å². The van der Waals surface area contributed by atoms with E-state index >= 15 is 0 Å². The van der Waals surface area contributed by atoms with Crippen LogP contribution < -0.4 is 5.73 Å². The van der Waals surface area contributed by atoms with Crippen molar-refractivity contribution in [2.45, 2.75) is 44.9 Å². The zero-order valence-corrected chi connectivity index (χ0v) is 12.4. The normalized spacial score (nSPS) is 15.3. The Balaban J connectivity index is 1.96. The third kappa shape index (κ3) is 2.67. The van der Waals surface area contributed by atoms with Crippen LogP contribution in [0.25, 0.3) is 11.3 Å². The zero-order valence-electron chi connectivity index (χ0n) is 12.4. The molecule has 3 nitrogen and oxygen atoms in total. The van der Waals surface area contributed by atoms with Gasteiger partial charge >= 0.3 is 0 Å². The van der Waals surface area contributed by atoms with E-state index in [1.165, 1.54) is 18.4 Å². The van der Waals surface area contributed by atoms with E-state index in [9.17, 15) is 0 Å². The molecule has 0 aliphatic heterocycles. The minimum Gasteiger partial charge on any atom is -0.384 e. The molecule has 1 heterocycles.